The van der Waals surface area contributed by atoms with Crippen LogP contribution in [0, 0.1) is 13.8 Å². The molecule has 2 amide bonds. The van der Waals surface area contributed by atoms with Crippen molar-refractivity contribution in [2.24, 2.45) is 0 Å². The zero-order chi connectivity index (χ0) is 21.4. The number of ether oxygens (including phenoxy) is 1. The first-order valence-electron chi connectivity index (χ1n) is 9.39. The van der Waals surface area contributed by atoms with Gasteiger partial charge in [0.2, 0.25) is 5.91 Å². The van der Waals surface area contributed by atoms with Gasteiger partial charge >= 0.3 is 5.97 Å². The Labute approximate surface area is 179 Å². The summed E-state index contributed by atoms with van der Waals surface area (Å²) < 4.78 is 5.91. The number of nitrogens with one attached hydrogen (secondary N) is 2. The molecule has 0 saturated carbocycles. The Kier molecular flexibility index (Phi) is 8.39. The summed E-state index contributed by atoms with van der Waals surface area (Å²) in [6.07, 6.45) is 0.646. The number of halogens is 1. The fourth-order valence-electron chi connectivity index (χ4n) is 2.68. The van der Waals surface area contributed by atoms with E-state index in [-0.39, 0.29) is 18.7 Å². The highest BCUT2D eigenvalue weighted by Crippen LogP contribution is 2.21. The Balaban J connectivity index is 1.76. The highest BCUT2D eigenvalue weighted by atomic mass is 79.9. The Hall–Kier alpha value is -2.67. The molecule has 29 heavy (non-hydrogen) atoms. The molecule has 0 saturated heterocycles. The molecule has 7 heteroatoms. The summed E-state index contributed by atoms with van der Waals surface area (Å²) in [7, 11) is 0. The normalized spacial score (nSPS) is 10.3. The third kappa shape index (κ3) is 7.34. The maximum atomic E-state index is 12.1. The largest absolute Gasteiger partial charge is 0.456 e. The van der Waals surface area contributed by atoms with Crippen LogP contribution in [0.15, 0.2) is 40.9 Å². The van der Waals surface area contributed by atoms with Crippen LogP contribution in [-0.4, -0.2) is 24.4 Å². The maximum Gasteiger partial charge on any atom is 0.306 e. The Morgan fingerprint density at radius 3 is 2.38 bits per heavy atom. The van der Waals surface area contributed by atoms with Crippen molar-refractivity contribution in [3.8, 4) is 0 Å². The van der Waals surface area contributed by atoms with E-state index in [1.165, 1.54) is 0 Å². The molecular weight excluding hydrogens is 436 g/mol. The van der Waals surface area contributed by atoms with E-state index in [0.717, 1.165) is 33.3 Å². The molecule has 0 radical (unpaired) electrons. The number of aryl methyl sites for hydroxylation is 3. The van der Waals surface area contributed by atoms with E-state index >= 15 is 0 Å². The van der Waals surface area contributed by atoms with E-state index in [9.17, 15) is 14.4 Å². The molecule has 0 aliphatic heterocycles. The van der Waals surface area contributed by atoms with E-state index in [1.54, 1.807) is 6.07 Å². The van der Waals surface area contributed by atoms with Crippen LogP contribution in [-0.2, 0) is 25.5 Å². The molecular formula is C22H25BrN2O4. The number of rotatable bonds is 8. The monoisotopic (exact) mass is 460 g/mol. The van der Waals surface area contributed by atoms with Crippen molar-refractivity contribution < 1.29 is 19.1 Å². The highest BCUT2D eigenvalue weighted by molar-refractivity contribution is 9.10. The molecule has 0 aliphatic rings. The van der Waals surface area contributed by atoms with Crippen LogP contribution in [0.3, 0.4) is 0 Å². The molecule has 6 nitrogen and oxygen atoms in total. The van der Waals surface area contributed by atoms with Crippen molar-refractivity contribution in [2.75, 3.05) is 17.2 Å². The molecule has 2 rings (SSSR count). The molecule has 0 atom stereocenters. The van der Waals surface area contributed by atoms with Crippen molar-refractivity contribution in [3.63, 3.8) is 0 Å². The number of hydrogen-bond donors (Lipinski definition) is 2. The summed E-state index contributed by atoms with van der Waals surface area (Å²) in [5.41, 5.74) is 4.37. The topological polar surface area (TPSA) is 84.5 Å². The third-order valence-corrected chi connectivity index (χ3v) is 4.80. The molecule has 2 aromatic carbocycles. The van der Waals surface area contributed by atoms with Crippen molar-refractivity contribution in [2.45, 2.75) is 40.0 Å². The van der Waals surface area contributed by atoms with Crippen LogP contribution in [0.2, 0.25) is 0 Å². The predicted molar refractivity (Wildman–Crippen MR) is 117 cm³/mol. The summed E-state index contributed by atoms with van der Waals surface area (Å²) in [4.78, 5) is 36.0. The van der Waals surface area contributed by atoms with Crippen LogP contribution in [0.1, 0.15) is 36.5 Å². The van der Waals surface area contributed by atoms with Crippen LogP contribution in [0.25, 0.3) is 0 Å². The van der Waals surface area contributed by atoms with E-state index < -0.39 is 18.5 Å². The van der Waals surface area contributed by atoms with Gasteiger partial charge in [0.1, 0.15) is 0 Å². The van der Waals surface area contributed by atoms with Crippen molar-refractivity contribution in [1.29, 1.82) is 0 Å². The highest BCUT2D eigenvalue weighted by Gasteiger charge is 2.12. The molecule has 0 aromatic heterocycles. The van der Waals surface area contributed by atoms with Gasteiger partial charge in [0.05, 0.1) is 6.42 Å². The number of carbonyl (C=O) groups is 3. The Morgan fingerprint density at radius 1 is 0.931 bits per heavy atom. The molecule has 154 valence electrons. The van der Waals surface area contributed by atoms with Gasteiger partial charge in [-0.15, -0.1) is 0 Å². The lowest BCUT2D eigenvalue weighted by Crippen LogP contribution is -2.22. The molecule has 0 aliphatic carbocycles. The van der Waals surface area contributed by atoms with E-state index in [0.29, 0.717) is 5.69 Å². The summed E-state index contributed by atoms with van der Waals surface area (Å²) in [5.74, 6) is -1.29. The lowest BCUT2D eigenvalue weighted by molar-refractivity contribution is -0.147. The van der Waals surface area contributed by atoms with E-state index in [2.05, 4.69) is 26.6 Å². The average Bonchev–Trinajstić information content (AvgIpc) is 2.69. The maximum absolute atomic E-state index is 12.1. The number of hydrogen-bond acceptors (Lipinski definition) is 4. The molecule has 2 aromatic rings. The first kappa shape index (κ1) is 22.6. The quantitative estimate of drug-likeness (QED) is 0.566. The van der Waals surface area contributed by atoms with Crippen LogP contribution >= 0.6 is 15.9 Å². The standard InChI is InChI=1S/C22H25BrN2O4/c1-4-16-12-17(23)7-8-18(16)24-21(27)13-29-22(28)10-9-20(26)25-19-11-14(2)5-6-15(19)3/h5-8,11-12H,4,9-10,13H2,1-3H3,(H,24,27)(H,25,26). The van der Waals surface area contributed by atoms with Crippen molar-refractivity contribution in [3.05, 3.63) is 57.6 Å². The predicted octanol–water partition coefficient (Wildman–Crippen LogP) is 4.53. The number of anilines is 2. The smallest absolute Gasteiger partial charge is 0.306 e. The van der Waals surface area contributed by atoms with Gasteiger partial charge in [0.15, 0.2) is 6.61 Å². The number of esters is 1. The second-order valence-electron chi connectivity index (χ2n) is 6.73. The van der Waals surface area contributed by atoms with Crippen LogP contribution in [0.5, 0.6) is 0 Å². The SMILES string of the molecule is CCc1cc(Br)ccc1NC(=O)COC(=O)CCC(=O)Nc1cc(C)ccc1C. The van der Waals surface area contributed by atoms with E-state index in [4.69, 9.17) is 4.74 Å². The van der Waals surface area contributed by atoms with E-state index in [1.807, 2.05) is 51.1 Å². The third-order valence-electron chi connectivity index (χ3n) is 4.31. The molecule has 0 unspecified atom stereocenters. The van der Waals surface area contributed by atoms with Gasteiger partial charge in [0.25, 0.3) is 5.91 Å². The summed E-state index contributed by atoms with van der Waals surface area (Å²) in [6.45, 7) is 5.43. The molecule has 0 fully saturated rings. The fourth-order valence-corrected chi connectivity index (χ4v) is 3.09. The zero-order valence-corrected chi connectivity index (χ0v) is 18.4. The zero-order valence-electron chi connectivity index (χ0n) is 16.8. The van der Waals surface area contributed by atoms with Crippen LogP contribution < -0.4 is 10.6 Å². The molecule has 0 spiro atoms. The minimum atomic E-state index is -0.595. The van der Waals surface area contributed by atoms with Gasteiger partial charge in [-0.05, 0) is 61.2 Å². The first-order chi connectivity index (χ1) is 13.8. The van der Waals surface area contributed by atoms with Crippen molar-refractivity contribution >= 4 is 45.1 Å². The lowest BCUT2D eigenvalue weighted by atomic mass is 10.1. The lowest BCUT2D eigenvalue weighted by Gasteiger charge is -2.11. The summed E-state index contributed by atoms with van der Waals surface area (Å²) in [6, 6.07) is 11.3. The van der Waals surface area contributed by atoms with Gasteiger partial charge in [-0.25, -0.2) is 0 Å². The van der Waals surface area contributed by atoms with Crippen LogP contribution in [0.4, 0.5) is 11.4 Å². The van der Waals surface area contributed by atoms with Gasteiger partial charge in [-0.3, -0.25) is 14.4 Å². The first-order valence-corrected chi connectivity index (χ1v) is 10.2. The second kappa shape index (κ2) is 10.8. The average molecular weight is 461 g/mol. The molecule has 0 heterocycles. The minimum Gasteiger partial charge on any atom is -0.456 e. The fraction of sp³-hybridized carbons (Fsp3) is 0.318. The Morgan fingerprint density at radius 2 is 1.66 bits per heavy atom. The second-order valence-corrected chi connectivity index (χ2v) is 7.65. The number of benzene rings is 2. The number of carbonyl (C=O) groups excluding carboxylic acids is 3. The van der Waals surface area contributed by atoms with Gasteiger partial charge in [-0.2, -0.15) is 0 Å². The summed E-state index contributed by atoms with van der Waals surface area (Å²) in [5, 5.41) is 5.53. The van der Waals surface area contributed by atoms with Gasteiger partial charge < -0.3 is 15.4 Å². The molecule has 2 N–H and O–H groups in total. The Bertz CT molecular complexity index is 912. The van der Waals surface area contributed by atoms with Gasteiger partial charge in [-0.1, -0.05) is 35.0 Å². The summed E-state index contributed by atoms with van der Waals surface area (Å²) >= 11 is 3.40. The molecule has 0 bridgehead atoms. The minimum absolute atomic E-state index is 0.0134. The number of amides is 2. The van der Waals surface area contributed by atoms with Crippen molar-refractivity contribution in [1.82, 2.24) is 0 Å². The van der Waals surface area contributed by atoms with Gasteiger partial charge in [0, 0.05) is 22.3 Å².